The van der Waals surface area contributed by atoms with E-state index in [4.69, 9.17) is 5.73 Å². The van der Waals surface area contributed by atoms with Gasteiger partial charge in [0.2, 0.25) is 0 Å². The normalized spacial score (nSPS) is 17.6. The van der Waals surface area contributed by atoms with Crippen molar-refractivity contribution in [3.63, 3.8) is 0 Å². The minimum absolute atomic E-state index is 0.282. The first-order chi connectivity index (χ1) is 9.00. The molecule has 0 bridgehead atoms. The lowest BCUT2D eigenvalue weighted by molar-refractivity contribution is 0.700. The lowest BCUT2D eigenvalue weighted by atomic mass is 9.99. The molecule has 3 heterocycles. The molecule has 2 aromatic rings. The number of nitrogen functional groups attached to an aromatic ring is 1. The van der Waals surface area contributed by atoms with Crippen molar-refractivity contribution in [1.29, 1.82) is 0 Å². The quantitative estimate of drug-likeness (QED) is 0.672. The molecule has 0 aromatic carbocycles. The van der Waals surface area contributed by atoms with E-state index in [9.17, 15) is 0 Å². The number of aromatic nitrogens is 2. The zero-order chi connectivity index (χ0) is 13.6. The molecule has 0 aliphatic carbocycles. The molecule has 6 heteroatoms. The van der Waals surface area contributed by atoms with Crippen LogP contribution in [0.1, 0.15) is 31.2 Å². The van der Waals surface area contributed by atoms with E-state index in [1.54, 1.807) is 23.1 Å². The summed E-state index contributed by atoms with van der Waals surface area (Å²) in [5.74, 6) is 2.69. The first-order valence-corrected chi connectivity index (χ1v) is 9.13. The van der Waals surface area contributed by atoms with Crippen LogP contribution in [-0.2, 0) is 12.2 Å². The summed E-state index contributed by atoms with van der Waals surface area (Å²) in [6, 6.07) is 0. The first-order valence-electron chi connectivity index (χ1n) is 6.34. The lowest BCUT2D eigenvalue weighted by Crippen LogP contribution is -2.22. The summed E-state index contributed by atoms with van der Waals surface area (Å²) >= 11 is 5.45. The van der Waals surface area contributed by atoms with Crippen LogP contribution in [0.3, 0.4) is 0 Å². The molecule has 19 heavy (non-hydrogen) atoms. The molecule has 2 N–H and O–H groups in total. The van der Waals surface area contributed by atoms with Crippen LogP contribution in [0.25, 0.3) is 10.2 Å². The van der Waals surface area contributed by atoms with E-state index in [1.807, 2.05) is 11.8 Å². The van der Waals surface area contributed by atoms with Gasteiger partial charge in [0.1, 0.15) is 10.6 Å². The van der Waals surface area contributed by atoms with Crippen LogP contribution in [0.2, 0.25) is 0 Å². The SMILES string of the molecule is CCSc1nc(N)c2c3c(sc2n1)CSC(C)(C)C3. The smallest absolute Gasteiger partial charge is 0.190 e. The van der Waals surface area contributed by atoms with Crippen LogP contribution in [-0.4, -0.2) is 20.5 Å². The summed E-state index contributed by atoms with van der Waals surface area (Å²) in [7, 11) is 0. The topological polar surface area (TPSA) is 51.8 Å². The fourth-order valence-corrected chi connectivity index (χ4v) is 5.33. The fourth-order valence-electron chi connectivity index (χ4n) is 2.35. The summed E-state index contributed by atoms with van der Waals surface area (Å²) < 4.78 is 0.282. The van der Waals surface area contributed by atoms with E-state index in [2.05, 4.69) is 30.7 Å². The van der Waals surface area contributed by atoms with Crippen LogP contribution in [0.5, 0.6) is 0 Å². The molecule has 0 radical (unpaired) electrons. The number of nitrogens with two attached hydrogens (primary N) is 1. The molecule has 3 nitrogen and oxygen atoms in total. The molecule has 0 spiro atoms. The van der Waals surface area contributed by atoms with Crippen molar-refractivity contribution in [3.05, 3.63) is 10.4 Å². The molecule has 1 aliphatic rings. The second-order valence-electron chi connectivity index (χ2n) is 5.23. The molecule has 3 rings (SSSR count). The van der Waals surface area contributed by atoms with Gasteiger partial charge in [-0.25, -0.2) is 9.97 Å². The average Bonchev–Trinajstić information content (AvgIpc) is 2.66. The predicted octanol–water partition coefficient (Wildman–Crippen LogP) is 3.95. The van der Waals surface area contributed by atoms with Crippen LogP contribution in [0, 0.1) is 0 Å². The van der Waals surface area contributed by atoms with Crippen LogP contribution >= 0.6 is 34.9 Å². The van der Waals surface area contributed by atoms with Crippen molar-refractivity contribution in [2.45, 2.75) is 42.8 Å². The van der Waals surface area contributed by atoms with Crippen molar-refractivity contribution in [2.24, 2.45) is 0 Å². The highest BCUT2D eigenvalue weighted by Gasteiger charge is 2.30. The van der Waals surface area contributed by atoms with E-state index < -0.39 is 0 Å². The molecular formula is C13H17N3S3. The molecule has 0 amide bonds. The van der Waals surface area contributed by atoms with Crippen LogP contribution in [0.4, 0.5) is 5.82 Å². The fraction of sp³-hybridized carbons (Fsp3) is 0.538. The Kier molecular flexibility index (Phi) is 3.43. The van der Waals surface area contributed by atoms with Crippen molar-refractivity contribution >= 4 is 50.9 Å². The van der Waals surface area contributed by atoms with Gasteiger partial charge >= 0.3 is 0 Å². The van der Waals surface area contributed by atoms with Crippen LogP contribution < -0.4 is 5.73 Å². The third-order valence-corrected chi connectivity index (χ3v) is 6.61. The van der Waals surface area contributed by atoms with Crippen molar-refractivity contribution in [2.75, 3.05) is 11.5 Å². The Morgan fingerprint density at radius 2 is 2.16 bits per heavy atom. The number of hydrogen-bond donors (Lipinski definition) is 1. The number of nitrogens with zero attached hydrogens (tertiary/aromatic N) is 2. The highest BCUT2D eigenvalue weighted by Crippen LogP contribution is 2.45. The molecule has 0 saturated carbocycles. The van der Waals surface area contributed by atoms with Gasteiger partial charge in [-0.3, -0.25) is 0 Å². The number of hydrogen-bond acceptors (Lipinski definition) is 6. The summed E-state index contributed by atoms with van der Waals surface area (Å²) in [5.41, 5.74) is 7.56. The van der Waals surface area contributed by atoms with Gasteiger partial charge in [-0.1, -0.05) is 32.5 Å². The largest absolute Gasteiger partial charge is 0.383 e. The van der Waals surface area contributed by atoms with Gasteiger partial charge in [0.05, 0.1) is 5.39 Å². The molecule has 0 unspecified atom stereocenters. The van der Waals surface area contributed by atoms with E-state index >= 15 is 0 Å². The van der Waals surface area contributed by atoms with Gasteiger partial charge in [-0.15, -0.1) is 23.1 Å². The first kappa shape index (κ1) is 13.5. The zero-order valence-electron chi connectivity index (χ0n) is 11.3. The molecule has 0 saturated heterocycles. The third kappa shape index (κ3) is 2.45. The van der Waals surface area contributed by atoms with Gasteiger partial charge in [0.15, 0.2) is 5.16 Å². The number of fused-ring (bicyclic) bond motifs is 3. The second-order valence-corrected chi connectivity index (χ2v) is 9.23. The number of anilines is 1. The van der Waals surface area contributed by atoms with Crippen molar-refractivity contribution in [3.8, 4) is 0 Å². The monoisotopic (exact) mass is 311 g/mol. The third-order valence-electron chi connectivity index (χ3n) is 3.21. The summed E-state index contributed by atoms with van der Waals surface area (Å²) in [5, 5.41) is 1.91. The van der Waals surface area contributed by atoms with E-state index in [0.29, 0.717) is 5.82 Å². The molecule has 102 valence electrons. The van der Waals surface area contributed by atoms with E-state index in [-0.39, 0.29) is 4.75 Å². The number of thiophene rings is 1. The van der Waals surface area contributed by atoms with E-state index in [1.165, 1.54) is 10.4 Å². The Bertz CT molecular complexity index is 634. The Balaban J connectivity index is 2.16. The second kappa shape index (κ2) is 4.82. The molecule has 2 aromatic heterocycles. The summed E-state index contributed by atoms with van der Waals surface area (Å²) in [6.45, 7) is 6.69. The van der Waals surface area contributed by atoms with Gasteiger partial charge in [-0.2, -0.15) is 0 Å². The number of thioether (sulfide) groups is 2. The van der Waals surface area contributed by atoms with Gasteiger partial charge in [-0.05, 0) is 17.7 Å². The van der Waals surface area contributed by atoms with Gasteiger partial charge in [0, 0.05) is 15.4 Å². The molecule has 0 fully saturated rings. The Hall–Kier alpha value is -0.460. The van der Waals surface area contributed by atoms with Crippen LogP contribution in [0.15, 0.2) is 5.16 Å². The van der Waals surface area contributed by atoms with Gasteiger partial charge in [0.25, 0.3) is 0 Å². The standard InChI is InChI=1S/C13H17N3S3/c1-4-17-12-15-10(14)9-7-5-13(2,3)18-6-8(7)19-11(9)16-12/h4-6H2,1-3H3,(H2,14,15,16). The van der Waals surface area contributed by atoms with E-state index in [0.717, 1.165) is 33.3 Å². The Labute approximate surface area is 125 Å². The van der Waals surface area contributed by atoms with Gasteiger partial charge < -0.3 is 5.73 Å². The van der Waals surface area contributed by atoms with Crippen molar-refractivity contribution in [1.82, 2.24) is 9.97 Å². The maximum atomic E-state index is 6.18. The highest BCUT2D eigenvalue weighted by atomic mass is 32.2. The lowest BCUT2D eigenvalue weighted by Gasteiger charge is -2.28. The predicted molar refractivity (Wildman–Crippen MR) is 87.3 cm³/mol. The zero-order valence-corrected chi connectivity index (χ0v) is 13.8. The summed E-state index contributed by atoms with van der Waals surface area (Å²) in [4.78, 5) is 11.6. The molecule has 0 atom stereocenters. The average molecular weight is 312 g/mol. The Morgan fingerprint density at radius 3 is 2.89 bits per heavy atom. The maximum Gasteiger partial charge on any atom is 0.190 e. The minimum Gasteiger partial charge on any atom is -0.383 e. The molecular weight excluding hydrogens is 294 g/mol. The molecule has 1 aliphatic heterocycles. The summed E-state index contributed by atoms with van der Waals surface area (Å²) in [6.07, 6.45) is 1.06. The highest BCUT2D eigenvalue weighted by molar-refractivity contribution is 8.00. The maximum absolute atomic E-state index is 6.18. The van der Waals surface area contributed by atoms with Crippen molar-refractivity contribution < 1.29 is 0 Å². The number of rotatable bonds is 2. The minimum atomic E-state index is 0.282. The Morgan fingerprint density at radius 1 is 1.37 bits per heavy atom.